The van der Waals surface area contributed by atoms with Crippen LogP contribution < -0.4 is 19.1 Å². The highest BCUT2D eigenvalue weighted by atomic mass is 16.5. The number of ketones is 1. The van der Waals surface area contributed by atoms with Crippen LogP contribution >= 0.6 is 0 Å². The topological polar surface area (TPSA) is 85.3 Å². The number of carbonyl (C=O) groups is 2. The maximum absolute atomic E-state index is 13.2. The number of carbonyl (C=O) groups excluding carboxylic acids is 2. The third-order valence-electron chi connectivity index (χ3n) is 5.25. The van der Waals surface area contributed by atoms with Crippen molar-refractivity contribution >= 4 is 17.4 Å². The van der Waals surface area contributed by atoms with Crippen LogP contribution in [0.25, 0.3) is 0 Å². The number of nitrogens with zero attached hydrogens (tertiary/aromatic N) is 1. The number of anilines is 1. The molecule has 1 N–H and O–H groups in total. The molecule has 1 heterocycles. The molecule has 32 heavy (non-hydrogen) atoms. The number of para-hydroxylation sites is 2. The Hall–Kier alpha value is -3.48. The Bertz CT molecular complexity index is 1040. The fraction of sp³-hybridized carbons (Fsp3) is 0.360. The lowest BCUT2D eigenvalue weighted by Crippen LogP contribution is -2.31. The van der Waals surface area contributed by atoms with Crippen molar-refractivity contribution in [3.63, 3.8) is 0 Å². The molecule has 2 aromatic rings. The van der Waals surface area contributed by atoms with Gasteiger partial charge in [-0.05, 0) is 42.7 Å². The number of amides is 1. The molecule has 0 aliphatic carbocycles. The molecular formula is C25H29NO6. The molecule has 0 fully saturated rings. The van der Waals surface area contributed by atoms with Gasteiger partial charge in [0.05, 0.1) is 38.1 Å². The number of hydrogen-bond acceptors (Lipinski definition) is 6. The van der Waals surface area contributed by atoms with Gasteiger partial charge < -0.3 is 19.3 Å². The van der Waals surface area contributed by atoms with E-state index in [1.807, 2.05) is 20.8 Å². The molecular weight excluding hydrogens is 410 g/mol. The Morgan fingerprint density at radius 2 is 1.75 bits per heavy atom. The third-order valence-corrected chi connectivity index (χ3v) is 5.25. The van der Waals surface area contributed by atoms with Gasteiger partial charge in [0.25, 0.3) is 5.91 Å². The molecule has 1 atom stereocenters. The van der Waals surface area contributed by atoms with Gasteiger partial charge in [-0.25, -0.2) is 0 Å². The Kier molecular flexibility index (Phi) is 7.08. The molecule has 3 rings (SSSR count). The largest absolute Gasteiger partial charge is 0.503 e. The van der Waals surface area contributed by atoms with Crippen LogP contribution in [-0.2, 0) is 9.59 Å². The summed E-state index contributed by atoms with van der Waals surface area (Å²) in [5, 5.41) is 10.8. The van der Waals surface area contributed by atoms with Crippen LogP contribution in [0.5, 0.6) is 17.2 Å². The second-order valence-corrected chi connectivity index (χ2v) is 7.88. The predicted octanol–water partition coefficient (Wildman–Crippen LogP) is 4.62. The molecule has 7 nitrogen and oxygen atoms in total. The van der Waals surface area contributed by atoms with E-state index < -0.39 is 17.7 Å². The van der Waals surface area contributed by atoms with E-state index in [0.29, 0.717) is 35.1 Å². The quantitative estimate of drug-likeness (QED) is 0.614. The molecule has 1 unspecified atom stereocenters. The maximum atomic E-state index is 13.2. The van der Waals surface area contributed by atoms with Crippen LogP contribution in [0.4, 0.5) is 5.69 Å². The van der Waals surface area contributed by atoms with E-state index in [4.69, 9.17) is 14.2 Å². The average molecular weight is 440 g/mol. The Balaban J connectivity index is 2.22. The zero-order valence-electron chi connectivity index (χ0n) is 19.0. The zero-order valence-corrected chi connectivity index (χ0v) is 19.0. The standard InChI is InChI=1S/C25H29NO6/c1-6-32-21-14-16(11-12-20(21)31-5)23-22(18(27)13-15(2)3)24(28)25(29)26(23)17-9-7-8-10-19(17)30-4/h7-12,14-15,23,28H,6,13H2,1-5H3. The van der Waals surface area contributed by atoms with Crippen molar-refractivity contribution in [2.24, 2.45) is 5.92 Å². The second kappa shape index (κ2) is 9.77. The molecule has 1 aliphatic rings. The minimum Gasteiger partial charge on any atom is -0.503 e. The molecule has 170 valence electrons. The van der Waals surface area contributed by atoms with Gasteiger partial charge in [0.15, 0.2) is 23.0 Å². The number of methoxy groups -OCH3 is 2. The van der Waals surface area contributed by atoms with E-state index in [-0.39, 0.29) is 23.7 Å². The van der Waals surface area contributed by atoms with Gasteiger partial charge in [0.2, 0.25) is 0 Å². The van der Waals surface area contributed by atoms with E-state index >= 15 is 0 Å². The molecule has 1 aliphatic heterocycles. The van der Waals surface area contributed by atoms with Crippen LogP contribution in [0.3, 0.4) is 0 Å². The number of aliphatic hydroxyl groups excluding tert-OH is 1. The fourth-order valence-electron chi connectivity index (χ4n) is 3.90. The molecule has 0 radical (unpaired) electrons. The molecule has 0 spiro atoms. The summed E-state index contributed by atoms with van der Waals surface area (Å²) >= 11 is 0. The van der Waals surface area contributed by atoms with Crippen LogP contribution in [0.1, 0.15) is 38.8 Å². The Labute approximate surface area is 188 Å². The summed E-state index contributed by atoms with van der Waals surface area (Å²) < 4.78 is 16.6. The van der Waals surface area contributed by atoms with E-state index in [1.165, 1.54) is 12.0 Å². The van der Waals surface area contributed by atoms with Crippen molar-refractivity contribution in [1.82, 2.24) is 0 Å². The predicted molar refractivity (Wildman–Crippen MR) is 122 cm³/mol. The van der Waals surface area contributed by atoms with Crippen LogP contribution in [0.2, 0.25) is 0 Å². The van der Waals surface area contributed by atoms with Crippen molar-refractivity contribution in [2.75, 3.05) is 25.7 Å². The first kappa shape index (κ1) is 23.2. The molecule has 0 saturated heterocycles. The molecule has 0 aromatic heterocycles. The van der Waals surface area contributed by atoms with Crippen LogP contribution in [0, 0.1) is 5.92 Å². The lowest BCUT2D eigenvalue weighted by Gasteiger charge is -2.28. The number of hydrogen-bond donors (Lipinski definition) is 1. The van der Waals surface area contributed by atoms with Crippen molar-refractivity contribution in [1.29, 1.82) is 0 Å². The fourth-order valence-corrected chi connectivity index (χ4v) is 3.90. The summed E-state index contributed by atoms with van der Waals surface area (Å²) in [5.41, 5.74) is 1.14. The molecule has 0 saturated carbocycles. The third kappa shape index (κ3) is 4.28. The zero-order chi connectivity index (χ0) is 23.4. The Morgan fingerprint density at radius 3 is 2.38 bits per heavy atom. The minimum absolute atomic E-state index is 0.0636. The van der Waals surface area contributed by atoms with Gasteiger partial charge in [0, 0.05) is 6.42 Å². The maximum Gasteiger partial charge on any atom is 0.294 e. The number of Topliss-reactive ketones (excluding diaryl/α,β-unsaturated/α-hetero) is 1. The lowest BCUT2D eigenvalue weighted by atomic mass is 9.91. The Morgan fingerprint density at radius 1 is 1.06 bits per heavy atom. The number of rotatable bonds is 9. The highest BCUT2D eigenvalue weighted by Gasteiger charge is 2.45. The monoisotopic (exact) mass is 439 g/mol. The molecule has 0 bridgehead atoms. The van der Waals surface area contributed by atoms with Crippen molar-refractivity contribution < 1.29 is 28.9 Å². The van der Waals surface area contributed by atoms with E-state index in [1.54, 1.807) is 49.6 Å². The highest BCUT2D eigenvalue weighted by Crippen LogP contribution is 2.46. The van der Waals surface area contributed by atoms with Gasteiger partial charge >= 0.3 is 0 Å². The van der Waals surface area contributed by atoms with Crippen molar-refractivity contribution in [2.45, 2.75) is 33.2 Å². The van der Waals surface area contributed by atoms with E-state index in [0.717, 1.165) is 0 Å². The van der Waals surface area contributed by atoms with E-state index in [9.17, 15) is 14.7 Å². The van der Waals surface area contributed by atoms with Gasteiger partial charge in [-0.2, -0.15) is 0 Å². The summed E-state index contributed by atoms with van der Waals surface area (Å²) in [5.74, 6) is 0.0696. The van der Waals surface area contributed by atoms with Gasteiger partial charge in [-0.3, -0.25) is 14.5 Å². The number of aliphatic hydroxyl groups is 1. The van der Waals surface area contributed by atoms with Crippen molar-refractivity contribution in [3.05, 3.63) is 59.4 Å². The highest BCUT2D eigenvalue weighted by molar-refractivity contribution is 6.17. The molecule has 2 aromatic carbocycles. The minimum atomic E-state index is -0.838. The number of ether oxygens (including phenoxy) is 3. The number of benzene rings is 2. The first-order valence-electron chi connectivity index (χ1n) is 10.6. The summed E-state index contributed by atoms with van der Waals surface area (Å²) in [6, 6.07) is 11.4. The van der Waals surface area contributed by atoms with Crippen LogP contribution in [-0.4, -0.2) is 37.6 Å². The smallest absolute Gasteiger partial charge is 0.294 e. The van der Waals surface area contributed by atoms with Gasteiger partial charge in [-0.15, -0.1) is 0 Å². The molecule has 1 amide bonds. The van der Waals surface area contributed by atoms with Crippen LogP contribution in [0.15, 0.2) is 53.8 Å². The normalized spacial score (nSPS) is 16.0. The average Bonchev–Trinajstić information content (AvgIpc) is 3.04. The SMILES string of the molecule is CCOc1cc(C2C(C(=O)CC(C)C)=C(O)C(=O)N2c2ccccc2OC)ccc1OC. The van der Waals surface area contributed by atoms with E-state index in [2.05, 4.69) is 0 Å². The summed E-state index contributed by atoms with van der Waals surface area (Å²) in [4.78, 5) is 27.8. The van der Waals surface area contributed by atoms with Gasteiger partial charge in [0.1, 0.15) is 5.75 Å². The van der Waals surface area contributed by atoms with Crippen molar-refractivity contribution in [3.8, 4) is 17.2 Å². The first-order chi connectivity index (χ1) is 15.3. The summed E-state index contributed by atoms with van der Waals surface area (Å²) in [7, 11) is 3.05. The first-order valence-corrected chi connectivity index (χ1v) is 10.6. The second-order valence-electron chi connectivity index (χ2n) is 7.88. The summed E-state index contributed by atoms with van der Waals surface area (Å²) in [6.07, 6.45) is 0.206. The van der Waals surface area contributed by atoms with Gasteiger partial charge in [-0.1, -0.05) is 32.0 Å². The lowest BCUT2D eigenvalue weighted by molar-refractivity contribution is -0.118. The summed E-state index contributed by atoms with van der Waals surface area (Å²) in [6.45, 7) is 6.11. The molecule has 7 heteroatoms.